The van der Waals surface area contributed by atoms with E-state index in [1.54, 1.807) is 0 Å². The van der Waals surface area contributed by atoms with Crippen molar-refractivity contribution in [2.24, 2.45) is 0 Å². The second kappa shape index (κ2) is 4.15. The first kappa shape index (κ1) is 10.8. The molecule has 0 spiro atoms. The molecule has 0 saturated heterocycles. The van der Waals surface area contributed by atoms with Crippen LogP contribution in [0.25, 0.3) is 21.9 Å². The second-order valence-corrected chi connectivity index (χ2v) is 4.22. The zero-order valence-corrected chi connectivity index (χ0v) is 10.0. The fourth-order valence-corrected chi connectivity index (χ4v) is 2.28. The molecule has 18 heavy (non-hydrogen) atoms. The first-order chi connectivity index (χ1) is 8.79. The molecule has 0 atom stereocenters. The topological polar surface area (TPSA) is 26.3 Å². The Balaban J connectivity index is 2.35. The molecule has 3 rings (SSSR count). The molecule has 2 heteroatoms. The van der Waals surface area contributed by atoms with E-state index in [0.717, 1.165) is 21.9 Å². The molecule has 0 aliphatic heterocycles. The van der Waals surface area contributed by atoms with Gasteiger partial charge in [0.2, 0.25) is 0 Å². The van der Waals surface area contributed by atoms with E-state index < -0.39 is 0 Å². The Labute approximate surface area is 105 Å². The van der Waals surface area contributed by atoms with Gasteiger partial charge in [0.25, 0.3) is 0 Å². The monoisotopic (exact) mass is 236 g/mol. The molecule has 2 nitrogen and oxygen atoms in total. The highest BCUT2D eigenvalue weighted by Gasteiger charge is 2.13. The van der Waals surface area contributed by atoms with E-state index in [0.29, 0.717) is 5.56 Å². The third-order valence-electron chi connectivity index (χ3n) is 3.15. The number of esters is 1. The lowest BCUT2D eigenvalue weighted by Gasteiger charge is -1.97. The van der Waals surface area contributed by atoms with Crippen LogP contribution in [0.2, 0.25) is 0 Å². The highest BCUT2D eigenvalue weighted by Crippen LogP contribution is 2.32. The molecule has 0 heterocycles. The lowest BCUT2D eigenvalue weighted by atomic mass is 10.1. The van der Waals surface area contributed by atoms with Crippen LogP contribution in [0.3, 0.4) is 0 Å². The highest BCUT2D eigenvalue weighted by atomic mass is 16.5. The average Bonchev–Trinajstić information content (AvgIpc) is 2.75. The number of ether oxygens (including phenoxy) is 1. The number of hydrogen-bond donors (Lipinski definition) is 0. The highest BCUT2D eigenvalue weighted by molar-refractivity contribution is 6.02. The summed E-state index contributed by atoms with van der Waals surface area (Å²) < 4.78 is 4.76. The van der Waals surface area contributed by atoms with E-state index in [1.807, 2.05) is 36.4 Å². The standard InChI is InChI=1S/C16H12O2/c1-18-16(17)13-9-12-7-4-6-11-5-2-3-8-14(11)15(12)10-13/h2-10H,1H3. The zero-order valence-electron chi connectivity index (χ0n) is 10.0. The van der Waals surface area contributed by atoms with Gasteiger partial charge < -0.3 is 4.74 Å². The maximum Gasteiger partial charge on any atom is 0.337 e. The third kappa shape index (κ3) is 1.63. The first-order valence-electron chi connectivity index (χ1n) is 5.79. The predicted octanol–water partition coefficient (Wildman–Crippen LogP) is 3.73. The van der Waals surface area contributed by atoms with Gasteiger partial charge in [-0.3, -0.25) is 0 Å². The van der Waals surface area contributed by atoms with Gasteiger partial charge in [-0.25, -0.2) is 4.79 Å². The Bertz CT molecular complexity index is 701. The number of carbonyl (C=O) groups is 1. The largest absolute Gasteiger partial charge is 0.465 e. The smallest absolute Gasteiger partial charge is 0.337 e. The molecule has 1 aromatic rings. The Morgan fingerprint density at radius 2 is 1.78 bits per heavy atom. The van der Waals surface area contributed by atoms with Crippen molar-refractivity contribution >= 4 is 16.7 Å². The quantitative estimate of drug-likeness (QED) is 0.602. The normalized spacial score (nSPS) is 10.7. The van der Waals surface area contributed by atoms with E-state index in [1.165, 1.54) is 7.11 Å². The minimum Gasteiger partial charge on any atom is -0.465 e. The number of fused-ring (bicyclic) bond motifs is 3. The molecule has 1 aromatic carbocycles. The molecular weight excluding hydrogens is 224 g/mol. The van der Waals surface area contributed by atoms with Crippen LogP contribution in [-0.4, -0.2) is 13.1 Å². The van der Waals surface area contributed by atoms with Crippen LogP contribution >= 0.6 is 0 Å². The van der Waals surface area contributed by atoms with E-state index in [-0.39, 0.29) is 5.97 Å². The fraction of sp³-hybridized carbons (Fsp3) is 0.0625. The summed E-state index contributed by atoms with van der Waals surface area (Å²) in [7, 11) is 1.40. The van der Waals surface area contributed by atoms with Crippen LogP contribution in [0.5, 0.6) is 0 Å². The minimum absolute atomic E-state index is 0.294. The van der Waals surface area contributed by atoms with Crippen LogP contribution in [0.1, 0.15) is 10.4 Å². The van der Waals surface area contributed by atoms with Crippen molar-refractivity contribution in [2.75, 3.05) is 7.11 Å². The summed E-state index contributed by atoms with van der Waals surface area (Å²) >= 11 is 0. The van der Waals surface area contributed by atoms with Gasteiger partial charge in [-0.05, 0) is 34.0 Å². The van der Waals surface area contributed by atoms with Crippen molar-refractivity contribution in [3.05, 3.63) is 60.2 Å². The molecule has 0 bridgehead atoms. The molecule has 0 amide bonds. The van der Waals surface area contributed by atoms with Gasteiger partial charge in [0.15, 0.2) is 0 Å². The summed E-state index contributed by atoms with van der Waals surface area (Å²) in [6, 6.07) is 18.0. The summed E-state index contributed by atoms with van der Waals surface area (Å²) in [6.45, 7) is 0. The average molecular weight is 236 g/mol. The van der Waals surface area contributed by atoms with Gasteiger partial charge >= 0.3 is 5.97 Å². The summed E-state index contributed by atoms with van der Waals surface area (Å²) in [5.41, 5.74) is 2.73. The van der Waals surface area contributed by atoms with Crippen molar-refractivity contribution < 1.29 is 9.53 Å². The summed E-state index contributed by atoms with van der Waals surface area (Å²) in [6.07, 6.45) is 0. The van der Waals surface area contributed by atoms with Crippen molar-refractivity contribution in [1.82, 2.24) is 0 Å². The van der Waals surface area contributed by atoms with E-state index in [4.69, 9.17) is 4.74 Å². The van der Waals surface area contributed by atoms with Gasteiger partial charge in [0.1, 0.15) is 0 Å². The number of carbonyl (C=O) groups excluding carboxylic acids is 1. The maximum atomic E-state index is 11.6. The predicted molar refractivity (Wildman–Crippen MR) is 71.9 cm³/mol. The van der Waals surface area contributed by atoms with Crippen molar-refractivity contribution in [3.8, 4) is 11.1 Å². The fourth-order valence-electron chi connectivity index (χ4n) is 2.28. The lowest BCUT2D eigenvalue weighted by Crippen LogP contribution is -1.97. The SMILES string of the molecule is COC(=O)c1cc2cccc3ccccc3c-2c1. The molecule has 2 aliphatic carbocycles. The van der Waals surface area contributed by atoms with Crippen LogP contribution in [0, 0.1) is 0 Å². The van der Waals surface area contributed by atoms with Crippen LogP contribution in [0.4, 0.5) is 0 Å². The second-order valence-electron chi connectivity index (χ2n) is 4.22. The molecule has 0 unspecified atom stereocenters. The van der Waals surface area contributed by atoms with Crippen molar-refractivity contribution in [2.45, 2.75) is 0 Å². The summed E-state index contributed by atoms with van der Waals surface area (Å²) in [5.74, 6) is -0.294. The van der Waals surface area contributed by atoms with Crippen LogP contribution in [-0.2, 0) is 4.74 Å². The first-order valence-corrected chi connectivity index (χ1v) is 5.79. The van der Waals surface area contributed by atoms with Gasteiger partial charge in [-0.1, -0.05) is 42.5 Å². The van der Waals surface area contributed by atoms with Crippen LogP contribution in [0.15, 0.2) is 54.6 Å². The number of methoxy groups -OCH3 is 1. The Hall–Kier alpha value is -2.35. The third-order valence-corrected chi connectivity index (χ3v) is 3.15. The van der Waals surface area contributed by atoms with Gasteiger partial charge in [-0.2, -0.15) is 0 Å². The molecular formula is C16H12O2. The molecule has 0 radical (unpaired) electrons. The Kier molecular flexibility index (Phi) is 2.49. The van der Waals surface area contributed by atoms with Crippen molar-refractivity contribution in [1.29, 1.82) is 0 Å². The maximum absolute atomic E-state index is 11.6. The molecule has 88 valence electrons. The number of rotatable bonds is 1. The summed E-state index contributed by atoms with van der Waals surface area (Å²) in [5, 5.41) is 2.31. The van der Waals surface area contributed by atoms with E-state index >= 15 is 0 Å². The number of benzene rings is 1. The van der Waals surface area contributed by atoms with Gasteiger partial charge in [-0.15, -0.1) is 0 Å². The number of hydrogen-bond acceptors (Lipinski definition) is 2. The van der Waals surface area contributed by atoms with Gasteiger partial charge in [0, 0.05) is 0 Å². The Morgan fingerprint density at radius 3 is 2.61 bits per heavy atom. The van der Waals surface area contributed by atoms with E-state index in [9.17, 15) is 4.79 Å². The van der Waals surface area contributed by atoms with E-state index in [2.05, 4.69) is 18.2 Å². The molecule has 0 aromatic heterocycles. The summed E-state index contributed by atoms with van der Waals surface area (Å²) in [4.78, 5) is 11.6. The lowest BCUT2D eigenvalue weighted by molar-refractivity contribution is 0.0601. The molecule has 0 fully saturated rings. The Morgan fingerprint density at radius 1 is 1.00 bits per heavy atom. The molecule has 0 N–H and O–H groups in total. The molecule has 0 saturated carbocycles. The van der Waals surface area contributed by atoms with Gasteiger partial charge in [0.05, 0.1) is 12.7 Å². The molecule has 2 aliphatic rings. The zero-order chi connectivity index (χ0) is 12.5. The minimum atomic E-state index is -0.294. The van der Waals surface area contributed by atoms with Crippen molar-refractivity contribution in [3.63, 3.8) is 0 Å². The van der Waals surface area contributed by atoms with Crippen LogP contribution < -0.4 is 0 Å².